The third kappa shape index (κ3) is 3.94. The molecule has 0 heterocycles. The predicted molar refractivity (Wildman–Crippen MR) is 113 cm³/mol. The maximum absolute atomic E-state index is 15.8. The molecule has 0 unspecified atom stereocenters. The molecule has 0 saturated carbocycles. The van der Waals surface area contributed by atoms with Crippen LogP contribution in [0.15, 0.2) is 78.9 Å². The van der Waals surface area contributed by atoms with Gasteiger partial charge in [-0.3, -0.25) is 0 Å². The van der Waals surface area contributed by atoms with Crippen LogP contribution in [-0.4, -0.2) is 6.61 Å². The van der Waals surface area contributed by atoms with E-state index in [1.54, 1.807) is 42.5 Å². The van der Waals surface area contributed by atoms with Gasteiger partial charge in [0.25, 0.3) is 0 Å². The highest BCUT2D eigenvalue weighted by atomic mass is 19.1. The zero-order valence-electron chi connectivity index (χ0n) is 16.3. The summed E-state index contributed by atoms with van der Waals surface area (Å²) in [5.74, 6) is -0.532. The molecule has 4 aromatic carbocycles. The van der Waals surface area contributed by atoms with Crippen molar-refractivity contribution in [1.82, 2.24) is 0 Å². The molecule has 30 heavy (non-hydrogen) atoms. The Morgan fingerprint density at radius 1 is 0.700 bits per heavy atom. The Morgan fingerprint density at radius 3 is 1.80 bits per heavy atom. The molecule has 0 aliphatic heterocycles. The van der Waals surface area contributed by atoms with Crippen molar-refractivity contribution in [3.8, 4) is 39.1 Å². The van der Waals surface area contributed by atoms with Crippen molar-refractivity contribution in [3.63, 3.8) is 0 Å². The van der Waals surface area contributed by atoms with Crippen LogP contribution < -0.4 is 4.74 Å². The summed E-state index contributed by atoms with van der Waals surface area (Å²) >= 11 is 0. The number of halogens is 3. The predicted octanol–water partition coefficient (Wildman–Crippen LogP) is 7.30. The monoisotopic (exact) mass is 403 g/mol. The molecule has 4 rings (SSSR count). The second-order valence-corrected chi connectivity index (χ2v) is 6.74. The molecule has 1 radical (unpaired) electrons. The summed E-state index contributed by atoms with van der Waals surface area (Å²) in [7, 11) is 0. The van der Waals surface area contributed by atoms with Gasteiger partial charge in [0.05, 0.1) is 6.61 Å². The molecule has 4 aromatic rings. The van der Waals surface area contributed by atoms with Crippen LogP contribution in [0.2, 0.25) is 0 Å². The Morgan fingerprint density at radius 2 is 1.23 bits per heavy atom. The van der Waals surface area contributed by atoms with E-state index in [4.69, 9.17) is 4.74 Å². The van der Waals surface area contributed by atoms with Crippen molar-refractivity contribution in [1.29, 1.82) is 0 Å². The van der Waals surface area contributed by atoms with Gasteiger partial charge in [-0.05, 0) is 72.1 Å². The maximum Gasteiger partial charge on any atom is 0.139 e. The Hall–Kier alpha value is -3.53. The first kappa shape index (κ1) is 19.8. The summed E-state index contributed by atoms with van der Waals surface area (Å²) in [6.45, 7) is 2.42. The summed E-state index contributed by atoms with van der Waals surface area (Å²) < 4.78 is 48.0. The van der Waals surface area contributed by atoms with Gasteiger partial charge in [0.2, 0.25) is 0 Å². The lowest BCUT2D eigenvalue weighted by molar-refractivity contribution is 0.340. The van der Waals surface area contributed by atoms with Gasteiger partial charge in [-0.15, -0.1) is 0 Å². The molecule has 0 aliphatic carbocycles. The molecule has 0 atom stereocenters. The van der Waals surface area contributed by atoms with Gasteiger partial charge in [0.1, 0.15) is 23.2 Å². The molecule has 0 amide bonds. The van der Waals surface area contributed by atoms with Crippen LogP contribution in [0.1, 0.15) is 6.92 Å². The normalized spacial score (nSPS) is 10.8. The van der Waals surface area contributed by atoms with E-state index < -0.39 is 11.6 Å². The molecule has 0 aromatic heterocycles. The minimum Gasteiger partial charge on any atom is -0.494 e. The van der Waals surface area contributed by atoms with Crippen molar-refractivity contribution in [2.24, 2.45) is 0 Å². The highest BCUT2D eigenvalue weighted by Gasteiger charge is 2.18. The van der Waals surface area contributed by atoms with E-state index >= 15 is 4.39 Å². The highest BCUT2D eigenvalue weighted by molar-refractivity contribution is 5.87. The number of benzene rings is 4. The van der Waals surface area contributed by atoms with Crippen molar-refractivity contribution in [2.75, 3.05) is 6.61 Å². The van der Waals surface area contributed by atoms with Crippen LogP contribution in [0.5, 0.6) is 5.75 Å². The average Bonchev–Trinajstić information content (AvgIpc) is 2.76. The van der Waals surface area contributed by atoms with Gasteiger partial charge in [-0.25, -0.2) is 13.2 Å². The zero-order chi connectivity index (χ0) is 21.1. The Kier molecular flexibility index (Phi) is 5.57. The van der Waals surface area contributed by atoms with E-state index in [9.17, 15) is 8.78 Å². The van der Waals surface area contributed by atoms with Crippen LogP contribution in [0.4, 0.5) is 13.2 Å². The van der Waals surface area contributed by atoms with Crippen LogP contribution in [0.25, 0.3) is 33.4 Å². The number of ether oxygens (including phenoxy) is 1. The molecule has 0 bridgehead atoms. The first-order chi connectivity index (χ1) is 14.6. The van der Waals surface area contributed by atoms with Crippen LogP contribution in [0.3, 0.4) is 0 Å². The van der Waals surface area contributed by atoms with E-state index in [1.165, 1.54) is 36.4 Å². The van der Waals surface area contributed by atoms with E-state index in [2.05, 4.69) is 6.07 Å². The Labute approximate surface area is 173 Å². The van der Waals surface area contributed by atoms with Gasteiger partial charge in [-0.1, -0.05) is 36.4 Å². The fourth-order valence-corrected chi connectivity index (χ4v) is 3.36. The average molecular weight is 403 g/mol. The smallest absolute Gasteiger partial charge is 0.139 e. The van der Waals surface area contributed by atoms with Crippen molar-refractivity contribution < 1.29 is 17.9 Å². The summed E-state index contributed by atoms with van der Waals surface area (Å²) in [4.78, 5) is 0. The fraction of sp³-hybridized carbons (Fsp3) is 0.0769. The first-order valence-corrected chi connectivity index (χ1v) is 9.56. The highest BCUT2D eigenvalue weighted by Crippen LogP contribution is 2.39. The third-order valence-electron chi connectivity index (χ3n) is 4.81. The lowest BCUT2D eigenvalue weighted by Gasteiger charge is -2.15. The number of hydrogen-bond donors (Lipinski definition) is 0. The Balaban J connectivity index is 1.91. The summed E-state index contributed by atoms with van der Waals surface area (Å²) in [5.41, 5.74) is 2.99. The molecular weight excluding hydrogens is 385 g/mol. The van der Waals surface area contributed by atoms with E-state index in [0.29, 0.717) is 45.7 Å². The lowest BCUT2D eigenvalue weighted by atomic mass is 9.90. The van der Waals surface area contributed by atoms with E-state index in [0.717, 1.165) is 0 Å². The van der Waals surface area contributed by atoms with Crippen molar-refractivity contribution in [2.45, 2.75) is 6.92 Å². The van der Waals surface area contributed by atoms with Gasteiger partial charge < -0.3 is 4.74 Å². The van der Waals surface area contributed by atoms with Gasteiger partial charge in [0.15, 0.2) is 0 Å². The molecule has 0 fully saturated rings. The van der Waals surface area contributed by atoms with Crippen molar-refractivity contribution in [3.05, 3.63) is 102 Å². The zero-order valence-corrected chi connectivity index (χ0v) is 16.3. The van der Waals surface area contributed by atoms with Crippen LogP contribution in [0, 0.1) is 23.5 Å². The quantitative estimate of drug-likeness (QED) is 0.340. The van der Waals surface area contributed by atoms with Gasteiger partial charge in [-0.2, -0.15) is 0 Å². The van der Waals surface area contributed by atoms with Crippen molar-refractivity contribution >= 4 is 0 Å². The summed E-state index contributed by atoms with van der Waals surface area (Å²) in [5, 5.41) is 0. The largest absolute Gasteiger partial charge is 0.494 e. The topological polar surface area (TPSA) is 9.23 Å². The number of rotatable bonds is 5. The SMILES string of the molecule is CCOc1ccc(-c2c(-c3ccc(F)cc3)[c]cc(-c3ccc(F)cc3)c2F)cc1. The van der Waals surface area contributed by atoms with E-state index in [-0.39, 0.29) is 5.82 Å². The lowest BCUT2D eigenvalue weighted by Crippen LogP contribution is -1.96. The van der Waals surface area contributed by atoms with Crippen LogP contribution >= 0.6 is 0 Å². The second-order valence-electron chi connectivity index (χ2n) is 6.74. The summed E-state index contributed by atoms with van der Waals surface area (Å²) in [6, 6.07) is 23.3. The summed E-state index contributed by atoms with van der Waals surface area (Å²) in [6.07, 6.45) is 0. The standard InChI is InChI=1S/C26H18F3O/c1-2-30-22-13-7-19(8-14-22)25-23(17-3-9-20(27)10-4-17)15-16-24(26(25)29)18-5-11-21(28)12-6-18/h3-14,16H,2H2,1H3. The minimum atomic E-state index is -0.455. The molecule has 1 nitrogen and oxygen atoms in total. The molecule has 4 heteroatoms. The maximum atomic E-state index is 15.8. The third-order valence-corrected chi connectivity index (χ3v) is 4.81. The molecule has 0 aliphatic rings. The first-order valence-electron chi connectivity index (χ1n) is 9.56. The molecule has 149 valence electrons. The fourth-order valence-electron chi connectivity index (χ4n) is 3.36. The number of hydrogen-bond acceptors (Lipinski definition) is 1. The van der Waals surface area contributed by atoms with Gasteiger partial charge >= 0.3 is 0 Å². The molecular formula is C26H18F3O. The Bertz CT molecular complexity index is 1150. The second kappa shape index (κ2) is 8.46. The minimum absolute atomic E-state index is 0.310. The molecule has 0 spiro atoms. The van der Waals surface area contributed by atoms with E-state index in [1.807, 2.05) is 6.92 Å². The van der Waals surface area contributed by atoms with Crippen LogP contribution in [-0.2, 0) is 0 Å². The molecule has 0 N–H and O–H groups in total. The van der Waals surface area contributed by atoms with Gasteiger partial charge in [0, 0.05) is 16.7 Å². The molecule has 0 saturated heterocycles.